The van der Waals surface area contributed by atoms with Crippen molar-refractivity contribution >= 4 is 22.6 Å². The van der Waals surface area contributed by atoms with Crippen molar-refractivity contribution in [2.45, 2.75) is 76.6 Å². The molecule has 0 radical (unpaired) electrons. The normalized spacial score (nSPS) is 22.8. The van der Waals surface area contributed by atoms with E-state index in [0.717, 1.165) is 0 Å². The maximum absolute atomic E-state index is 2.69. The van der Waals surface area contributed by atoms with E-state index in [1.165, 1.54) is 38.5 Å². The van der Waals surface area contributed by atoms with Crippen molar-refractivity contribution in [3.8, 4) is 0 Å². The van der Waals surface area contributed by atoms with Gasteiger partial charge >= 0.3 is 0 Å². The molecule has 0 amide bonds. The summed E-state index contributed by atoms with van der Waals surface area (Å²) < 4.78 is 0.443. The summed E-state index contributed by atoms with van der Waals surface area (Å²) in [6.07, 6.45) is 8.62. The van der Waals surface area contributed by atoms with Crippen LogP contribution in [-0.4, -0.2) is 3.42 Å². The molecule has 1 aliphatic carbocycles. The zero-order valence-electron chi connectivity index (χ0n) is 11.1. The van der Waals surface area contributed by atoms with Crippen molar-refractivity contribution in [2.24, 2.45) is 10.8 Å². The van der Waals surface area contributed by atoms with Crippen LogP contribution in [0, 0.1) is 10.8 Å². The second-order valence-corrected chi connectivity index (χ2v) is 9.75. The number of alkyl halides is 1. The molecule has 1 saturated carbocycles. The van der Waals surface area contributed by atoms with Crippen LogP contribution in [0.15, 0.2) is 0 Å². The predicted octanol–water partition coefficient (Wildman–Crippen LogP) is 5.59. The van der Waals surface area contributed by atoms with Crippen molar-refractivity contribution in [2.75, 3.05) is 0 Å². The second-order valence-electron chi connectivity index (χ2n) is 7.05. The van der Waals surface area contributed by atoms with Gasteiger partial charge in [-0.3, -0.25) is 0 Å². The van der Waals surface area contributed by atoms with Crippen LogP contribution >= 0.6 is 22.6 Å². The van der Waals surface area contributed by atoms with Crippen LogP contribution in [0.2, 0.25) is 0 Å². The molecule has 0 aromatic rings. The summed E-state index contributed by atoms with van der Waals surface area (Å²) in [5.74, 6) is 0. The topological polar surface area (TPSA) is 0 Å². The Hall–Kier alpha value is 0.730. The van der Waals surface area contributed by atoms with Gasteiger partial charge in [-0.1, -0.05) is 76.5 Å². The van der Waals surface area contributed by atoms with Gasteiger partial charge in [0.2, 0.25) is 0 Å². The van der Waals surface area contributed by atoms with E-state index in [9.17, 15) is 0 Å². The average molecular weight is 322 g/mol. The smallest absolute Gasteiger partial charge is 0.0222 e. The maximum Gasteiger partial charge on any atom is 0.0222 e. The van der Waals surface area contributed by atoms with Crippen LogP contribution in [0.1, 0.15) is 73.1 Å². The van der Waals surface area contributed by atoms with E-state index in [1.807, 2.05) is 0 Å². The zero-order chi connectivity index (χ0) is 11.7. The lowest BCUT2D eigenvalue weighted by atomic mass is 9.60. The van der Waals surface area contributed by atoms with Gasteiger partial charge in [0.25, 0.3) is 0 Å². The molecule has 0 bridgehead atoms. The van der Waals surface area contributed by atoms with E-state index in [-0.39, 0.29) is 0 Å². The van der Waals surface area contributed by atoms with Crippen LogP contribution in [0.5, 0.6) is 0 Å². The van der Waals surface area contributed by atoms with Crippen LogP contribution in [0.4, 0.5) is 0 Å². The van der Waals surface area contributed by atoms with Crippen LogP contribution in [-0.2, 0) is 0 Å². The Morgan fingerprint density at radius 3 is 1.73 bits per heavy atom. The fourth-order valence-electron chi connectivity index (χ4n) is 3.23. The molecule has 0 aliphatic heterocycles. The lowest BCUT2D eigenvalue weighted by Crippen LogP contribution is -2.43. The predicted molar refractivity (Wildman–Crippen MR) is 77.7 cm³/mol. The highest BCUT2D eigenvalue weighted by molar-refractivity contribution is 14.1. The van der Waals surface area contributed by atoms with Crippen molar-refractivity contribution in [1.29, 1.82) is 0 Å². The number of rotatable bonds is 2. The highest BCUT2D eigenvalue weighted by Crippen LogP contribution is 2.54. The molecule has 1 fully saturated rings. The molecule has 0 aromatic carbocycles. The van der Waals surface area contributed by atoms with Gasteiger partial charge in [0, 0.05) is 3.42 Å². The van der Waals surface area contributed by atoms with Gasteiger partial charge < -0.3 is 0 Å². The molecule has 15 heavy (non-hydrogen) atoms. The van der Waals surface area contributed by atoms with Gasteiger partial charge in [-0.05, 0) is 30.1 Å². The standard InChI is InChI=1S/C14H27I/c1-12(2,3)11-14(13(4,5)15)9-7-6-8-10-14/h6-11H2,1-5H3. The summed E-state index contributed by atoms with van der Waals surface area (Å²) in [5.41, 5.74) is 1.06. The molecule has 0 nitrogen and oxygen atoms in total. The number of hydrogen-bond acceptors (Lipinski definition) is 0. The lowest BCUT2D eigenvalue weighted by Gasteiger charge is -2.49. The Bertz CT molecular complexity index is 198. The number of hydrogen-bond donors (Lipinski definition) is 0. The van der Waals surface area contributed by atoms with Crippen LogP contribution < -0.4 is 0 Å². The summed E-state index contributed by atoms with van der Waals surface area (Å²) >= 11 is 2.69. The molecule has 0 heterocycles. The third-order valence-corrected chi connectivity index (χ3v) is 5.08. The van der Waals surface area contributed by atoms with E-state index in [0.29, 0.717) is 14.3 Å². The first kappa shape index (κ1) is 13.8. The largest absolute Gasteiger partial charge is 0.0789 e. The van der Waals surface area contributed by atoms with E-state index >= 15 is 0 Å². The molecule has 0 spiro atoms. The summed E-state index contributed by atoms with van der Waals surface area (Å²) in [5, 5.41) is 0. The average Bonchev–Trinajstić information content (AvgIpc) is 2.00. The minimum Gasteiger partial charge on any atom is -0.0789 e. The molecule has 0 aromatic heterocycles. The van der Waals surface area contributed by atoms with Crippen molar-refractivity contribution in [1.82, 2.24) is 0 Å². The maximum atomic E-state index is 2.69. The molecule has 1 aliphatic rings. The zero-order valence-corrected chi connectivity index (χ0v) is 13.3. The first-order chi connectivity index (χ1) is 6.66. The van der Waals surface area contributed by atoms with E-state index in [2.05, 4.69) is 57.2 Å². The molecular weight excluding hydrogens is 295 g/mol. The third-order valence-electron chi connectivity index (χ3n) is 3.94. The minimum absolute atomic E-state index is 0.443. The van der Waals surface area contributed by atoms with Crippen molar-refractivity contribution < 1.29 is 0 Å². The number of halogens is 1. The summed E-state index contributed by atoms with van der Waals surface area (Å²) in [7, 11) is 0. The van der Waals surface area contributed by atoms with Gasteiger partial charge in [-0.15, -0.1) is 0 Å². The van der Waals surface area contributed by atoms with Crippen LogP contribution in [0.3, 0.4) is 0 Å². The van der Waals surface area contributed by atoms with Gasteiger partial charge in [-0.25, -0.2) is 0 Å². The minimum atomic E-state index is 0.443. The van der Waals surface area contributed by atoms with Crippen molar-refractivity contribution in [3.05, 3.63) is 0 Å². The highest BCUT2D eigenvalue weighted by atomic mass is 127. The quantitative estimate of drug-likeness (QED) is 0.459. The molecular formula is C14H27I. The molecule has 1 rings (SSSR count). The molecule has 90 valence electrons. The lowest BCUT2D eigenvalue weighted by molar-refractivity contribution is 0.0859. The summed E-state index contributed by atoms with van der Waals surface area (Å²) in [4.78, 5) is 0. The SMILES string of the molecule is CC(C)(C)CC1(C(C)(C)I)CCCCC1. The second kappa shape index (κ2) is 4.54. The molecule has 1 heteroatoms. The van der Waals surface area contributed by atoms with Gasteiger partial charge in [0.1, 0.15) is 0 Å². The molecule has 0 saturated heterocycles. The Balaban J connectivity index is 2.86. The highest BCUT2D eigenvalue weighted by Gasteiger charge is 2.45. The summed E-state index contributed by atoms with van der Waals surface area (Å²) in [6, 6.07) is 0. The van der Waals surface area contributed by atoms with E-state index in [1.54, 1.807) is 0 Å². The van der Waals surface area contributed by atoms with Gasteiger partial charge in [0.05, 0.1) is 0 Å². The third kappa shape index (κ3) is 3.61. The van der Waals surface area contributed by atoms with Crippen LogP contribution in [0.25, 0.3) is 0 Å². The Kier molecular flexibility index (Phi) is 4.18. The Morgan fingerprint density at radius 1 is 0.933 bits per heavy atom. The Labute approximate surface area is 110 Å². The molecule has 0 unspecified atom stereocenters. The summed E-state index contributed by atoms with van der Waals surface area (Å²) in [6.45, 7) is 12.1. The molecule has 0 N–H and O–H groups in total. The van der Waals surface area contributed by atoms with Gasteiger partial charge in [0.15, 0.2) is 0 Å². The van der Waals surface area contributed by atoms with E-state index in [4.69, 9.17) is 0 Å². The van der Waals surface area contributed by atoms with Gasteiger partial charge in [-0.2, -0.15) is 0 Å². The first-order valence-corrected chi connectivity index (χ1v) is 7.43. The monoisotopic (exact) mass is 322 g/mol. The van der Waals surface area contributed by atoms with Crippen molar-refractivity contribution in [3.63, 3.8) is 0 Å². The fourth-order valence-corrected chi connectivity index (χ4v) is 3.96. The first-order valence-electron chi connectivity index (χ1n) is 6.35. The Morgan fingerprint density at radius 2 is 1.40 bits per heavy atom. The fraction of sp³-hybridized carbons (Fsp3) is 1.00. The molecule has 0 atom stereocenters. The van der Waals surface area contributed by atoms with E-state index < -0.39 is 0 Å².